The minimum Gasteiger partial charge on any atom is -0.478 e. The number of carboxylic acids is 1. The molecular formula is C42H55N5O11. The molecule has 4 N–H and O–H groups in total. The lowest BCUT2D eigenvalue weighted by molar-refractivity contribution is -0.184. The third-order valence-corrected chi connectivity index (χ3v) is 10.8. The van der Waals surface area contributed by atoms with E-state index in [0.29, 0.717) is 5.69 Å². The highest BCUT2D eigenvalue weighted by Gasteiger charge is 2.43. The molecule has 3 saturated heterocycles. The lowest BCUT2D eigenvalue weighted by atomic mass is 9.87. The third kappa shape index (κ3) is 10.3. The second-order valence-electron chi connectivity index (χ2n) is 16.5. The lowest BCUT2D eigenvalue weighted by Gasteiger charge is -2.39. The maximum absolute atomic E-state index is 14.2. The van der Waals surface area contributed by atoms with Crippen LogP contribution in [0.4, 0.5) is 0 Å². The minimum absolute atomic E-state index is 0.120. The number of aliphatic carboxylic acids is 1. The number of carbonyl (C=O) groups excluding carboxylic acids is 5. The smallest absolute Gasteiger partial charge is 0.345 e. The lowest BCUT2D eigenvalue weighted by Crippen LogP contribution is -2.64. The summed E-state index contributed by atoms with van der Waals surface area (Å²) in [5, 5.41) is 17.6. The molecule has 0 bridgehead atoms. The molecule has 0 radical (unpaired) electrons. The number of esters is 2. The van der Waals surface area contributed by atoms with Crippen molar-refractivity contribution in [3.63, 3.8) is 0 Å². The van der Waals surface area contributed by atoms with Crippen molar-refractivity contribution < 1.29 is 52.8 Å². The molecule has 3 aliphatic rings. The van der Waals surface area contributed by atoms with Gasteiger partial charge in [-0.05, 0) is 72.6 Å². The zero-order valence-electron chi connectivity index (χ0n) is 34.1. The van der Waals surface area contributed by atoms with E-state index in [9.17, 15) is 33.9 Å². The number of amides is 3. The number of carbonyl (C=O) groups is 6. The van der Waals surface area contributed by atoms with E-state index in [1.807, 2.05) is 37.3 Å². The highest BCUT2D eigenvalue weighted by Crippen LogP contribution is 2.29. The second-order valence-corrected chi connectivity index (χ2v) is 16.5. The van der Waals surface area contributed by atoms with Gasteiger partial charge in [0.05, 0.1) is 66.3 Å². The first-order valence-corrected chi connectivity index (χ1v) is 19.5. The first-order valence-electron chi connectivity index (χ1n) is 19.5. The number of aromatic nitrogens is 1. The Balaban J connectivity index is 1.32. The Bertz CT molecular complexity index is 1940. The molecule has 0 saturated carbocycles. The average Bonchev–Trinajstić information content (AvgIpc) is 3.14. The highest BCUT2D eigenvalue weighted by molar-refractivity contribution is 5.91. The molecule has 16 heteroatoms. The summed E-state index contributed by atoms with van der Waals surface area (Å²) in [5.41, 5.74) is 3.16. The number of nitrogens with one attached hydrogen (secondary N) is 3. The van der Waals surface area contributed by atoms with E-state index in [-0.39, 0.29) is 39.4 Å². The van der Waals surface area contributed by atoms with E-state index in [4.69, 9.17) is 23.9 Å². The van der Waals surface area contributed by atoms with E-state index >= 15 is 0 Å². The molecule has 0 spiro atoms. The first-order chi connectivity index (χ1) is 27.3. The van der Waals surface area contributed by atoms with Gasteiger partial charge in [-0.2, -0.15) is 0 Å². The van der Waals surface area contributed by atoms with Crippen molar-refractivity contribution >= 4 is 46.5 Å². The quantitative estimate of drug-likeness (QED) is 0.142. The summed E-state index contributed by atoms with van der Waals surface area (Å²) < 4.78 is 21.4. The topological polar surface area (TPSA) is 212 Å². The Morgan fingerprint density at radius 3 is 2.14 bits per heavy atom. The number of ether oxygens (including phenoxy) is 4. The fraction of sp³-hybridized carbons (Fsp3) is 0.548. The zero-order chi connectivity index (χ0) is 42.5. The SMILES string of the molecule is C=CC(C)(C)C(=O)OC(C(=O)N[C@@H](C)C(=O)N1CCC(/C=C/C(C)(C)C(=O)OC(C(=O)O)C2COC2)[C@@H](C(=O)NC(C)c2ccc3ccc(C)cc3n2)N1)C1COC1. The highest BCUT2D eigenvalue weighted by atomic mass is 16.6. The summed E-state index contributed by atoms with van der Waals surface area (Å²) in [7, 11) is 0. The largest absolute Gasteiger partial charge is 0.478 e. The van der Waals surface area contributed by atoms with Crippen LogP contribution in [0.15, 0.2) is 55.1 Å². The molecule has 3 fully saturated rings. The van der Waals surface area contributed by atoms with Gasteiger partial charge in [0.2, 0.25) is 12.0 Å². The molecule has 4 heterocycles. The van der Waals surface area contributed by atoms with Gasteiger partial charge in [-0.15, -0.1) is 6.58 Å². The minimum atomic E-state index is -1.36. The van der Waals surface area contributed by atoms with Crippen LogP contribution in [0.2, 0.25) is 0 Å². The number of hydrazine groups is 1. The van der Waals surface area contributed by atoms with Crippen LogP contribution in [0.3, 0.4) is 0 Å². The molecule has 314 valence electrons. The summed E-state index contributed by atoms with van der Waals surface area (Å²) in [6, 6.07) is 7.03. The van der Waals surface area contributed by atoms with E-state index in [1.54, 1.807) is 46.8 Å². The molecule has 2 aromatic rings. The molecule has 4 unspecified atom stereocenters. The van der Waals surface area contributed by atoms with Crippen molar-refractivity contribution in [1.29, 1.82) is 0 Å². The molecular weight excluding hydrogens is 750 g/mol. The maximum atomic E-state index is 14.2. The third-order valence-electron chi connectivity index (χ3n) is 10.8. The van der Waals surface area contributed by atoms with E-state index in [2.05, 4.69) is 22.6 Å². The molecule has 6 atom stereocenters. The van der Waals surface area contributed by atoms with Crippen LogP contribution in [0.5, 0.6) is 0 Å². The molecule has 3 amide bonds. The number of hydrogen-bond acceptors (Lipinski definition) is 12. The normalized spacial score (nSPS) is 21.1. The zero-order valence-corrected chi connectivity index (χ0v) is 34.1. The number of rotatable bonds is 16. The summed E-state index contributed by atoms with van der Waals surface area (Å²) >= 11 is 0. The van der Waals surface area contributed by atoms with Gasteiger partial charge in [0.25, 0.3) is 11.8 Å². The maximum Gasteiger partial charge on any atom is 0.345 e. The molecule has 1 aromatic heterocycles. The van der Waals surface area contributed by atoms with Gasteiger partial charge < -0.3 is 34.7 Å². The predicted molar refractivity (Wildman–Crippen MR) is 210 cm³/mol. The number of fused-ring (bicyclic) bond motifs is 1. The average molecular weight is 806 g/mol. The number of carboxylic acid groups (broad SMARTS) is 1. The Morgan fingerprint density at radius 1 is 0.931 bits per heavy atom. The van der Waals surface area contributed by atoms with Gasteiger partial charge in [0, 0.05) is 17.8 Å². The molecule has 0 aliphatic carbocycles. The van der Waals surface area contributed by atoms with Crippen molar-refractivity contribution in [2.45, 2.75) is 85.2 Å². The molecule has 5 rings (SSSR count). The van der Waals surface area contributed by atoms with Gasteiger partial charge in [-0.1, -0.05) is 36.4 Å². The van der Waals surface area contributed by atoms with E-state index in [1.165, 1.54) is 18.0 Å². The standard InChI is InChI=1S/C42H55N5O11/c1-9-41(5,6)39(53)57-33(28-19-55-20-28)36(49)44-25(4)37(50)47-17-15-27(14-16-42(7,8)40(54)58-34(38(51)52)29-21-56-22-29)32(46-47)35(48)43-24(3)30-13-12-26-11-10-23(2)18-31(26)45-30/h9-14,16,18,24-25,27-29,32-34,46H,1,15,17,19-22H2,2-8H3,(H,43,48)(H,44,49)(H,51,52)/b16-14+/t24?,25-,27?,32-,33?,34?/m0/s1. The summed E-state index contributed by atoms with van der Waals surface area (Å²) in [6.07, 6.45) is 2.42. The van der Waals surface area contributed by atoms with Crippen LogP contribution in [-0.2, 0) is 47.7 Å². The monoisotopic (exact) mass is 805 g/mol. The molecule has 1 aromatic carbocycles. The van der Waals surface area contributed by atoms with E-state index in [0.717, 1.165) is 16.5 Å². The van der Waals surface area contributed by atoms with Crippen molar-refractivity contribution in [2.75, 3.05) is 33.0 Å². The van der Waals surface area contributed by atoms with Crippen LogP contribution in [0.25, 0.3) is 10.9 Å². The first kappa shape index (κ1) is 43.9. The fourth-order valence-corrected chi connectivity index (χ4v) is 6.48. The van der Waals surface area contributed by atoms with Crippen LogP contribution in [0.1, 0.15) is 65.3 Å². The van der Waals surface area contributed by atoms with Crippen molar-refractivity contribution in [3.05, 3.63) is 66.4 Å². The number of nitrogens with zero attached hydrogens (tertiary/aromatic N) is 2. The molecule has 16 nitrogen and oxygen atoms in total. The van der Waals surface area contributed by atoms with Crippen LogP contribution in [-0.4, -0.2) is 108 Å². The van der Waals surface area contributed by atoms with Crippen molar-refractivity contribution in [3.8, 4) is 0 Å². The number of aryl methyl sites for hydroxylation is 1. The van der Waals surface area contributed by atoms with Gasteiger partial charge in [-0.3, -0.25) is 34.0 Å². The Morgan fingerprint density at radius 2 is 1.53 bits per heavy atom. The van der Waals surface area contributed by atoms with Crippen LogP contribution < -0.4 is 16.1 Å². The molecule has 3 aliphatic heterocycles. The number of benzene rings is 1. The van der Waals surface area contributed by atoms with Gasteiger partial charge in [0.15, 0.2) is 6.10 Å². The Kier molecular flexibility index (Phi) is 13.8. The van der Waals surface area contributed by atoms with Crippen molar-refractivity contribution in [1.82, 2.24) is 26.1 Å². The van der Waals surface area contributed by atoms with Crippen LogP contribution >= 0.6 is 0 Å². The van der Waals surface area contributed by atoms with Crippen molar-refractivity contribution in [2.24, 2.45) is 28.6 Å². The Hall–Kier alpha value is -5.19. The summed E-state index contributed by atoms with van der Waals surface area (Å²) in [5.74, 6) is -5.73. The van der Waals surface area contributed by atoms with E-state index < -0.39 is 94.5 Å². The predicted octanol–water partition coefficient (Wildman–Crippen LogP) is 2.94. The Labute approximate surface area is 338 Å². The van der Waals surface area contributed by atoms with Gasteiger partial charge in [-0.25, -0.2) is 10.2 Å². The molecule has 58 heavy (non-hydrogen) atoms. The summed E-state index contributed by atoms with van der Waals surface area (Å²) in [6.45, 7) is 16.2. The second kappa shape index (κ2) is 18.2. The number of hydrogen-bond donors (Lipinski definition) is 4. The van der Waals surface area contributed by atoms with Gasteiger partial charge >= 0.3 is 17.9 Å². The fourth-order valence-electron chi connectivity index (χ4n) is 6.48. The van der Waals surface area contributed by atoms with Crippen LogP contribution in [0, 0.1) is 35.5 Å². The summed E-state index contributed by atoms with van der Waals surface area (Å²) in [4.78, 5) is 84.3. The van der Waals surface area contributed by atoms with Gasteiger partial charge in [0.1, 0.15) is 12.1 Å². The number of pyridine rings is 1.